The summed E-state index contributed by atoms with van der Waals surface area (Å²) in [5.74, 6) is 0. The summed E-state index contributed by atoms with van der Waals surface area (Å²) >= 11 is 1.55. The molecule has 10 heavy (non-hydrogen) atoms. The maximum absolute atomic E-state index is 4.01. The van der Waals surface area contributed by atoms with E-state index in [2.05, 4.69) is 10.5 Å². The van der Waals surface area contributed by atoms with E-state index >= 15 is 0 Å². The third kappa shape index (κ3) is 0.699. The van der Waals surface area contributed by atoms with E-state index in [1.165, 1.54) is 4.70 Å². The zero-order valence-electron chi connectivity index (χ0n) is 5.37. The second-order valence-corrected chi connectivity index (χ2v) is 2.60. The zero-order chi connectivity index (χ0) is 6.10. The number of thiazole rings is 1. The largest absolute Gasteiger partial charge is 0.386 e. The molecule has 0 aliphatic rings. The molecule has 0 aliphatic heterocycles. The minimum atomic E-state index is 0. The molecule has 0 atom stereocenters. The minimum absolute atomic E-state index is 0. The van der Waals surface area contributed by atoms with Crippen molar-refractivity contribution in [3.8, 4) is 0 Å². The first kappa shape index (κ1) is 6.23. The molecule has 0 unspecified atom stereocenters. The number of para-hydroxylation sites is 1. The van der Waals surface area contributed by atoms with E-state index in [0.717, 1.165) is 5.52 Å². The number of hydrogen-bond donors (Lipinski definition) is 0. The number of aromatic nitrogens is 1. The summed E-state index contributed by atoms with van der Waals surface area (Å²) in [6, 6.07) is 8.02. The number of nitrogens with zero attached hydrogens (tertiary/aromatic N) is 1. The number of fused-ring (bicyclic) bond motifs is 1. The molecule has 0 saturated heterocycles. The molecule has 0 aliphatic carbocycles. The zero-order valence-corrected chi connectivity index (χ0v) is 12.7. The van der Waals surface area contributed by atoms with E-state index < -0.39 is 0 Å². The Balaban J connectivity index is 0.000000500. The van der Waals surface area contributed by atoms with Gasteiger partial charge in [-0.05, 0) is 5.51 Å². The van der Waals surface area contributed by atoms with Gasteiger partial charge in [0, 0.05) is 0 Å². The average molecular weight is 403 g/mol. The quantitative estimate of drug-likeness (QED) is 0.615. The van der Waals surface area contributed by atoms with Gasteiger partial charge in [-0.2, -0.15) is 0 Å². The Labute approximate surface area is 57.0 Å². The SMILES string of the molecule is [Hs].[c-]1nc2ccccc2s1. The molecule has 0 radical (unpaired) electrons. The molecule has 1 nitrogen and oxygen atoms in total. The molecule has 0 amide bonds. The first-order valence-corrected chi connectivity index (χ1v) is 3.50. The van der Waals surface area contributed by atoms with Crippen molar-refractivity contribution in [2.45, 2.75) is 0 Å². The van der Waals surface area contributed by atoms with E-state index in [1.54, 1.807) is 11.3 Å². The summed E-state index contributed by atoms with van der Waals surface area (Å²) in [4.78, 5) is 4.01. The summed E-state index contributed by atoms with van der Waals surface area (Å²) in [5, 5.41) is 0. The van der Waals surface area contributed by atoms with Crippen LogP contribution >= 0.6 is 11.3 Å². The molecule has 0 spiro atoms. The molecule has 2 rings (SSSR count). The Bertz CT molecular complexity index is 288. The Morgan fingerprint density at radius 2 is 2.10 bits per heavy atom. The van der Waals surface area contributed by atoms with Gasteiger partial charge in [0.25, 0.3) is 0 Å². The van der Waals surface area contributed by atoms with Crippen molar-refractivity contribution in [3.63, 3.8) is 0 Å². The normalized spacial score (nSPS) is 9.20. The van der Waals surface area contributed by atoms with E-state index in [0.29, 0.717) is 0 Å². The van der Waals surface area contributed by atoms with Gasteiger partial charge in [-0.15, -0.1) is 16.8 Å². The predicted octanol–water partition coefficient (Wildman–Crippen LogP) is 2.10. The molecule has 1 aromatic carbocycles. The van der Waals surface area contributed by atoms with Crippen LogP contribution in [0.15, 0.2) is 24.3 Å². The third-order valence-electron chi connectivity index (χ3n) is 1.19. The number of hydrogen-bond acceptors (Lipinski definition) is 2. The fraction of sp³-hybridized carbons (Fsp3) is 0. The van der Waals surface area contributed by atoms with Crippen LogP contribution in [0.25, 0.3) is 10.2 Å². The molecule has 46 valence electrons. The number of rotatable bonds is 0. The van der Waals surface area contributed by atoms with Crippen LogP contribution in [0.5, 0.6) is 0 Å². The second kappa shape index (κ2) is 2.15. The average Bonchev–Trinajstić information content (AvgIpc) is 2.33. The summed E-state index contributed by atoms with van der Waals surface area (Å²) in [7, 11) is 0. The standard InChI is InChI=1S/C7H4NS.Hs/c1-2-4-7-6(3-1)8-5-9-7;/h1-4H;/q-1;. The topological polar surface area (TPSA) is 12.9 Å². The molecule has 0 bridgehead atoms. The van der Waals surface area contributed by atoms with Crippen molar-refractivity contribution < 1.29 is 0 Å². The Hall–Kier alpha value is -1.89. The van der Waals surface area contributed by atoms with Crippen molar-refractivity contribution >= 4 is 21.6 Å². The van der Waals surface area contributed by atoms with Crippen molar-refractivity contribution in [1.29, 1.82) is 0 Å². The summed E-state index contributed by atoms with van der Waals surface area (Å²) in [6.45, 7) is 0. The van der Waals surface area contributed by atoms with Crippen LogP contribution in [-0.2, 0) is 0 Å². The van der Waals surface area contributed by atoms with Gasteiger partial charge in [0.05, 0.1) is 0 Å². The summed E-state index contributed by atoms with van der Waals surface area (Å²) in [5.41, 5.74) is 3.87. The fourth-order valence-corrected chi connectivity index (χ4v) is 1.36. The van der Waals surface area contributed by atoms with Crippen molar-refractivity contribution in [1.82, 2.24) is 4.98 Å². The summed E-state index contributed by atoms with van der Waals surface area (Å²) < 4.78 is 1.21. The molecule has 2 aromatic rings. The Morgan fingerprint density at radius 3 is 2.90 bits per heavy atom. The first-order chi connectivity index (χ1) is 4.47. The van der Waals surface area contributed by atoms with Crippen LogP contribution in [0.4, 0.5) is 0 Å². The van der Waals surface area contributed by atoms with E-state index in [1.807, 2.05) is 24.3 Å². The second-order valence-electron chi connectivity index (χ2n) is 1.77. The van der Waals surface area contributed by atoms with Crippen LogP contribution in [0.3, 0.4) is 0 Å². The van der Waals surface area contributed by atoms with Gasteiger partial charge in [0.2, 0.25) is 0 Å². The van der Waals surface area contributed by atoms with Gasteiger partial charge in [-0.25, -0.2) is 0 Å². The van der Waals surface area contributed by atoms with Crippen LogP contribution in [0.2, 0.25) is 0 Å². The maximum Gasteiger partial charge on any atom is 0 e. The monoisotopic (exact) mass is 403 g/mol. The first-order valence-electron chi connectivity index (χ1n) is 2.68. The summed E-state index contributed by atoms with van der Waals surface area (Å²) in [6.07, 6.45) is 0. The third-order valence-corrected chi connectivity index (χ3v) is 1.93. The van der Waals surface area contributed by atoms with Crippen molar-refractivity contribution in [2.24, 2.45) is 0 Å². The minimum Gasteiger partial charge on any atom is -0.386 e. The van der Waals surface area contributed by atoms with Crippen molar-refractivity contribution in [3.05, 3.63) is 29.8 Å². The predicted molar refractivity (Wildman–Crippen MR) is 38.5 cm³/mol. The van der Waals surface area contributed by atoms with E-state index in [9.17, 15) is 0 Å². The molecule has 1 aromatic heterocycles. The van der Waals surface area contributed by atoms with Crippen molar-refractivity contribution in [2.75, 3.05) is 0 Å². The van der Waals surface area contributed by atoms with Gasteiger partial charge in [0.1, 0.15) is 0 Å². The maximum atomic E-state index is 4.01. The molecular weight excluding hydrogens is 399 g/mol. The molecule has 0 fully saturated rings. The van der Waals surface area contributed by atoms with Gasteiger partial charge in [-0.1, -0.05) is 17.6 Å². The van der Waals surface area contributed by atoms with Crippen LogP contribution < -0.4 is 0 Å². The van der Waals surface area contributed by atoms with Gasteiger partial charge >= 0.3 is 0 Å². The molecular formula is C7H4HsNS-. The Morgan fingerprint density at radius 1 is 1.30 bits per heavy atom. The van der Waals surface area contributed by atoms with E-state index in [4.69, 9.17) is 0 Å². The van der Waals surface area contributed by atoms with Gasteiger partial charge in [0.15, 0.2) is 0 Å². The molecule has 0 N–H and O–H groups in total. The molecule has 0 saturated carbocycles. The van der Waals surface area contributed by atoms with Crippen LogP contribution in [0.1, 0.15) is 0 Å². The smallest absolute Gasteiger partial charge is 0 e. The number of benzene rings is 1. The van der Waals surface area contributed by atoms with E-state index in [-0.39, 0.29) is 0 Å². The molecule has 1 heterocycles. The van der Waals surface area contributed by atoms with Gasteiger partial charge in [-0.3, -0.25) is 11.3 Å². The fourth-order valence-electron chi connectivity index (χ4n) is 0.757. The van der Waals surface area contributed by atoms with Crippen LogP contribution in [-0.4, -0.2) is 4.98 Å². The van der Waals surface area contributed by atoms with Gasteiger partial charge < -0.3 is 4.98 Å². The Kier molecular flexibility index (Phi) is 1.34. The molecule has 3 heteroatoms. The van der Waals surface area contributed by atoms with Crippen LogP contribution in [0, 0.1) is 5.51 Å².